The van der Waals surface area contributed by atoms with E-state index in [1.54, 1.807) is 12.5 Å². The molecule has 4 rings (SSSR count). The van der Waals surface area contributed by atoms with Crippen molar-refractivity contribution in [2.45, 2.75) is 24.9 Å². The van der Waals surface area contributed by atoms with Gasteiger partial charge in [0, 0.05) is 30.9 Å². The number of rotatable bonds is 2. The van der Waals surface area contributed by atoms with Crippen molar-refractivity contribution in [1.29, 1.82) is 0 Å². The molecule has 3 heterocycles. The van der Waals surface area contributed by atoms with Gasteiger partial charge in [0.05, 0.1) is 0 Å². The summed E-state index contributed by atoms with van der Waals surface area (Å²) < 4.78 is 11.5. The lowest BCUT2D eigenvalue weighted by Gasteiger charge is -2.35. The Labute approximate surface area is 140 Å². The molecular formula is C18H19N3O3. The fraction of sp³-hybridized carbons (Fsp3) is 0.389. The molecule has 2 aromatic rings. The quantitative estimate of drug-likeness (QED) is 0.845. The Morgan fingerprint density at radius 3 is 2.92 bits per heavy atom. The Hall–Kier alpha value is -2.63. The van der Waals surface area contributed by atoms with Gasteiger partial charge in [0.15, 0.2) is 11.5 Å². The van der Waals surface area contributed by atoms with Crippen molar-refractivity contribution in [2.75, 3.05) is 19.7 Å². The second kappa shape index (κ2) is 6.47. The molecule has 1 aromatic carbocycles. The summed E-state index contributed by atoms with van der Waals surface area (Å²) in [5, 5.41) is 0. The smallest absolute Gasteiger partial charge is 0.267 e. The molecule has 1 aromatic heterocycles. The minimum Gasteiger partial charge on any atom is -0.485 e. The third kappa shape index (κ3) is 2.91. The molecule has 1 amide bonds. The third-order valence-electron chi connectivity index (χ3n) is 4.54. The number of hydrogen-bond donors (Lipinski definition) is 0. The number of hydrogen-bond acceptors (Lipinski definition) is 5. The zero-order chi connectivity index (χ0) is 16.4. The summed E-state index contributed by atoms with van der Waals surface area (Å²) in [5.74, 6) is 1.57. The first kappa shape index (κ1) is 14.9. The number of amides is 1. The predicted molar refractivity (Wildman–Crippen MR) is 86.9 cm³/mol. The number of likely N-dealkylation sites (tertiary alicyclic amines) is 1. The van der Waals surface area contributed by atoms with Crippen LogP contribution in [-0.4, -0.2) is 46.6 Å². The molecule has 0 saturated carbocycles. The van der Waals surface area contributed by atoms with Crippen molar-refractivity contribution in [3.63, 3.8) is 0 Å². The molecule has 2 unspecified atom stereocenters. The topological polar surface area (TPSA) is 64.6 Å². The van der Waals surface area contributed by atoms with Crippen molar-refractivity contribution in [3.8, 4) is 11.5 Å². The fourth-order valence-corrected chi connectivity index (χ4v) is 3.31. The Morgan fingerprint density at radius 1 is 1.21 bits per heavy atom. The Kier molecular flexibility index (Phi) is 4.02. The maximum atomic E-state index is 12.8. The van der Waals surface area contributed by atoms with E-state index in [0.717, 1.165) is 25.1 Å². The largest absolute Gasteiger partial charge is 0.485 e. The molecule has 1 fully saturated rings. The standard InChI is InChI=1S/C18H19N3O3/c22-18(17-11-23-15-5-1-2-6-16(15)24-17)21-9-3-4-13(10-21)14-7-8-19-12-20-14/h1-2,5-8,12-13,17H,3-4,9-11H2. The molecule has 0 aliphatic carbocycles. The summed E-state index contributed by atoms with van der Waals surface area (Å²) in [7, 11) is 0. The van der Waals surface area contributed by atoms with Gasteiger partial charge in [-0.1, -0.05) is 12.1 Å². The number of aromatic nitrogens is 2. The van der Waals surface area contributed by atoms with Gasteiger partial charge in [-0.3, -0.25) is 4.79 Å². The van der Waals surface area contributed by atoms with Crippen LogP contribution in [0, 0.1) is 0 Å². The molecule has 0 N–H and O–H groups in total. The lowest BCUT2D eigenvalue weighted by molar-refractivity contribution is -0.142. The van der Waals surface area contributed by atoms with E-state index in [4.69, 9.17) is 9.47 Å². The van der Waals surface area contributed by atoms with E-state index in [2.05, 4.69) is 9.97 Å². The molecule has 0 radical (unpaired) electrons. The van der Waals surface area contributed by atoms with E-state index >= 15 is 0 Å². The SMILES string of the molecule is O=C(C1COc2ccccc2O1)N1CCCC(c2ccncn2)C1. The van der Waals surface area contributed by atoms with Crippen LogP contribution >= 0.6 is 0 Å². The second-order valence-corrected chi connectivity index (χ2v) is 6.12. The molecule has 1 saturated heterocycles. The van der Waals surface area contributed by atoms with E-state index in [-0.39, 0.29) is 18.4 Å². The van der Waals surface area contributed by atoms with Crippen LogP contribution in [0.15, 0.2) is 42.9 Å². The molecule has 0 spiro atoms. The molecule has 24 heavy (non-hydrogen) atoms. The summed E-state index contributed by atoms with van der Waals surface area (Å²) in [6, 6.07) is 9.37. The number of carbonyl (C=O) groups is 1. The Balaban J connectivity index is 1.45. The fourth-order valence-electron chi connectivity index (χ4n) is 3.31. The van der Waals surface area contributed by atoms with E-state index in [1.807, 2.05) is 35.2 Å². The van der Waals surface area contributed by atoms with E-state index < -0.39 is 6.10 Å². The summed E-state index contributed by atoms with van der Waals surface area (Å²) in [6.45, 7) is 1.67. The number of nitrogens with zero attached hydrogens (tertiary/aromatic N) is 3. The summed E-state index contributed by atoms with van der Waals surface area (Å²) in [5.41, 5.74) is 0.994. The van der Waals surface area contributed by atoms with Crippen LogP contribution in [0.4, 0.5) is 0 Å². The lowest BCUT2D eigenvalue weighted by atomic mass is 9.94. The Morgan fingerprint density at radius 2 is 2.08 bits per heavy atom. The zero-order valence-electron chi connectivity index (χ0n) is 13.3. The van der Waals surface area contributed by atoms with Crippen LogP contribution < -0.4 is 9.47 Å². The maximum Gasteiger partial charge on any atom is 0.267 e. The number of para-hydroxylation sites is 2. The first-order chi connectivity index (χ1) is 11.8. The molecule has 0 bridgehead atoms. The summed E-state index contributed by atoms with van der Waals surface area (Å²) in [6.07, 6.45) is 4.73. The average molecular weight is 325 g/mol. The first-order valence-electron chi connectivity index (χ1n) is 8.24. The maximum absolute atomic E-state index is 12.8. The molecule has 124 valence electrons. The zero-order valence-corrected chi connectivity index (χ0v) is 13.3. The van der Waals surface area contributed by atoms with Crippen molar-refractivity contribution in [1.82, 2.24) is 14.9 Å². The number of ether oxygens (including phenoxy) is 2. The number of benzene rings is 1. The molecule has 6 nitrogen and oxygen atoms in total. The highest BCUT2D eigenvalue weighted by Crippen LogP contribution is 2.32. The Bertz CT molecular complexity index is 722. The monoisotopic (exact) mass is 325 g/mol. The van der Waals surface area contributed by atoms with Gasteiger partial charge in [0.1, 0.15) is 12.9 Å². The van der Waals surface area contributed by atoms with Gasteiger partial charge in [0.25, 0.3) is 5.91 Å². The highest BCUT2D eigenvalue weighted by atomic mass is 16.6. The van der Waals surface area contributed by atoms with Crippen LogP contribution in [0.1, 0.15) is 24.5 Å². The van der Waals surface area contributed by atoms with Crippen LogP contribution in [-0.2, 0) is 4.79 Å². The second-order valence-electron chi connectivity index (χ2n) is 6.12. The average Bonchev–Trinajstić information content (AvgIpc) is 2.68. The predicted octanol–water partition coefficient (Wildman–Crippen LogP) is 2.02. The third-order valence-corrected chi connectivity index (χ3v) is 4.54. The van der Waals surface area contributed by atoms with Crippen LogP contribution in [0.5, 0.6) is 11.5 Å². The van der Waals surface area contributed by atoms with Crippen molar-refractivity contribution >= 4 is 5.91 Å². The number of fused-ring (bicyclic) bond motifs is 1. The summed E-state index contributed by atoms with van der Waals surface area (Å²) in [4.78, 5) is 23.0. The van der Waals surface area contributed by atoms with Crippen LogP contribution in [0.25, 0.3) is 0 Å². The van der Waals surface area contributed by atoms with Crippen molar-refractivity contribution in [3.05, 3.63) is 48.5 Å². The first-order valence-corrected chi connectivity index (χ1v) is 8.24. The highest BCUT2D eigenvalue weighted by molar-refractivity contribution is 5.82. The minimum atomic E-state index is -0.580. The van der Waals surface area contributed by atoms with E-state index in [1.165, 1.54) is 0 Å². The van der Waals surface area contributed by atoms with Crippen molar-refractivity contribution in [2.24, 2.45) is 0 Å². The van der Waals surface area contributed by atoms with Gasteiger partial charge in [-0.25, -0.2) is 9.97 Å². The van der Waals surface area contributed by atoms with Gasteiger partial charge in [-0.05, 0) is 31.0 Å². The minimum absolute atomic E-state index is 0.0109. The molecule has 2 aliphatic rings. The number of carbonyl (C=O) groups excluding carboxylic acids is 1. The lowest BCUT2D eigenvalue weighted by Crippen LogP contribution is -2.49. The van der Waals surface area contributed by atoms with E-state index in [0.29, 0.717) is 18.0 Å². The highest BCUT2D eigenvalue weighted by Gasteiger charge is 2.34. The van der Waals surface area contributed by atoms with Crippen molar-refractivity contribution < 1.29 is 14.3 Å². The van der Waals surface area contributed by atoms with Gasteiger partial charge in [-0.15, -0.1) is 0 Å². The van der Waals surface area contributed by atoms with Gasteiger partial charge < -0.3 is 14.4 Å². The molecule has 2 aliphatic heterocycles. The van der Waals surface area contributed by atoms with Gasteiger partial charge in [-0.2, -0.15) is 0 Å². The normalized spacial score (nSPS) is 22.9. The van der Waals surface area contributed by atoms with Gasteiger partial charge >= 0.3 is 0 Å². The molecule has 2 atom stereocenters. The summed E-state index contributed by atoms with van der Waals surface area (Å²) >= 11 is 0. The number of piperidine rings is 1. The van der Waals surface area contributed by atoms with Crippen LogP contribution in [0.3, 0.4) is 0 Å². The van der Waals surface area contributed by atoms with E-state index in [9.17, 15) is 4.79 Å². The molecular weight excluding hydrogens is 306 g/mol. The molecule has 6 heteroatoms. The van der Waals surface area contributed by atoms with Crippen LogP contribution in [0.2, 0.25) is 0 Å². The van der Waals surface area contributed by atoms with Gasteiger partial charge in [0.2, 0.25) is 6.10 Å².